The number of rotatable bonds is 8. The number of aromatic nitrogens is 1. The van der Waals surface area contributed by atoms with Crippen LogP contribution >= 0.6 is 0 Å². The van der Waals surface area contributed by atoms with Gasteiger partial charge in [0.2, 0.25) is 11.8 Å². The second-order valence-corrected chi connectivity index (χ2v) is 11.4. The Labute approximate surface area is 232 Å². The molecule has 2 saturated heterocycles. The minimum atomic E-state index is -2.58. The third-order valence-electron chi connectivity index (χ3n) is 9.02. The van der Waals surface area contributed by atoms with Crippen LogP contribution in [0.2, 0.25) is 0 Å². The van der Waals surface area contributed by atoms with E-state index in [4.69, 9.17) is 4.74 Å². The fourth-order valence-electron chi connectivity index (χ4n) is 6.66. The van der Waals surface area contributed by atoms with Gasteiger partial charge in [0.1, 0.15) is 17.5 Å². The van der Waals surface area contributed by atoms with Gasteiger partial charge in [-0.3, -0.25) is 19.7 Å². The van der Waals surface area contributed by atoms with Crippen LogP contribution < -0.4 is 10.1 Å². The molecule has 10 heteroatoms. The Morgan fingerprint density at radius 3 is 2.67 bits per heavy atom. The molecule has 2 aromatic rings. The van der Waals surface area contributed by atoms with E-state index in [2.05, 4.69) is 21.3 Å². The van der Waals surface area contributed by atoms with Crippen LogP contribution in [0.15, 0.2) is 30.3 Å². The Kier molecular flexibility index (Phi) is 7.29. The number of hydrogen-bond donors (Lipinski definition) is 1. The molecule has 1 spiro atoms. The molecule has 3 amide bonds. The smallest absolute Gasteiger partial charge is 0.280 e. The molecule has 0 aliphatic carbocycles. The monoisotopic (exact) mass is 552 g/mol. The number of halogens is 2. The summed E-state index contributed by atoms with van der Waals surface area (Å²) >= 11 is 0. The number of fused-ring (bicyclic) bond motifs is 3. The summed E-state index contributed by atoms with van der Waals surface area (Å²) in [7, 11) is 0. The van der Waals surface area contributed by atoms with Crippen LogP contribution in [0.1, 0.15) is 84.2 Å². The zero-order chi connectivity index (χ0) is 27.9. The Hall–Kier alpha value is -3.40. The predicted molar refractivity (Wildman–Crippen MR) is 142 cm³/mol. The largest absolute Gasteiger partial charge is 0.491 e. The maximum atomic E-state index is 13.2. The van der Waals surface area contributed by atoms with Crippen molar-refractivity contribution in [3.8, 4) is 5.75 Å². The number of benzene rings is 1. The van der Waals surface area contributed by atoms with Gasteiger partial charge in [-0.15, -0.1) is 0 Å². The van der Waals surface area contributed by atoms with Gasteiger partial charge in [-0.25, -0.2) is 13.8 Å². The molecule has 1 N–H and O–H groups in total. The molecule has 8 nitrogen and oxygen atoms in total. The molecular formula is C30H34F2N4O4. The van der Waals surface area contributed by atoms with Gasteiger partial charge < -0.3 is 14.5 Å². The van der Waals surface area contributed by atoms with Gasteiger partial charge in [0.05, 0.1) is 17.7 Å². The van der Waals surface area contributed by atoms with E-state index in [0.717, 1.165) is 69.3 Å². The number of piperidine rings is 2. The minimum absolute atomic E-state index is 0.134. The number of amides is 3. The fourth-order valence-corrected chi connectivity index (χ4v) is 6.66. The highest BCUT2D eigenvalue weighted by atomic mass is 19.3. The molecule has 0 bridgehead atoms. The third kappa shape index (κ3) is 4.98. The van der Waals surface area contributed by atoms with Crippen LogP contribution in [0.4, 0.5) is 8.78 Å². The van der Waals surface area contributed by atoms with E-state index in [1.54, 1.807) is 11.0 Å². The number of nitrogens with one attached hydrogen (secondary N) is 1. The molecule has 1 atom stereocenters. The van der Waals surface area contributed by atoms with Crippen molar-refractivity contribution in [1.29, 1.82) is 0 Å². The summed E-state index contributed by atoms with van der Waals surface area (Å²) in [4.78, 5) is 45.3. The quantitative estimate of drug-likeness (QED) is 0.394. The number of alkyl halides is 2. The van der Waals surface area contributed by atoms with Gasteiger partial charge in [-0.1, -0.05) is 18.6 Å². The number of carbonyl (C=O) groups is 3. The van der Waals surface area contributed by atoms with Crippen LogP contribution in [0, 0.1) is 0 Å². The topological polar surface area (TPSA) is 91.8 Å². The number of imide groups is 1. The van der Waals surface area contributed by atoms with E-state index >= 15 is 0 Å². The number of aryl methyl sites for hydroxylation is 1. The number of ether oxygens (including phenoxy) is 1. The maximum absolute atomic E-state index is 13.2. The summed E-state index contributed by atoms with van der Waals surface area (Å²) < 4.78 is 32.2. The lowest BCUT2D eigenvalue weighted by molar-refractivity contribution is -0.136. The molecule has 2 fully saturated rings. The molecule has 4 aliphatic rings. The molecule has 1 unspecified atom stereocenters. The van der Waals surface area contributed by atoms with Gasteiger partial charge in [0.15, 0.2) is 0 Å². The van der Waals surface area contributed by atoms with Crippen molar-refractivity contribution >= 4 is 17.7 Å². The average molecular weight is 553 g/mol. The SMILES string of the molecule is O=C1CCC(N2Cc3c(CCCCCN4CCC5(CC4)COc4ccc(C(F)F)nc45)cccc3C2=O)C(=O)N1. The van der Waals surface area contributed by atoms with Crippen molar-refractivity contribution in [1.82, 2.24) is 20.1 Å². The van der Waals surface area contributed by atoms with Crippen LogP contribution in [0.25, 0.3) is 0 Å². The minimum Gasteiger partial charge on any atom is -0.491 e. The maximum Gasteiger partial charge on any atom is 0.280 e. The molecule has 6 rings (SSSR count). The molecule has 1 aromatic carbocycles. The van der Waals surface area contributed by atoms with Crippen molar-refractivity contribution in [2.45, 2.75) is 75.8 Å². The molecule has 5 heterocycles. The molecule has 1 aromatic heterocycles. The standard InChI is InChI=1S/C30H34F2N4O4/c31-27(32)22-8-10-24-26(33-22)30(18-40-24)12-15-35(16-13-30)14-3-1-2-5-19-6-4-7-20-21(19)17-36(29(20)39)23-9-11-25(37)34-28(23)38/h4,6-8,10,23,27H,1-3,5,9,11-18H2,(H,34,37,38). The molecule has 0 radical (unpaired) electrons. The lowest BCUT2D eigenvalue weighted by Crippen LogP contribution is -2.52. The first-order valence-corrected chi connectivity index (χ1v) is 14.2. The Morgan fingerprint density at radius 1 is 1.07 bits per heavy atom. The molecule has 40 heavy (non-hydrogen) atoms. The van der Waals surface area contributed by atoms with Crippen molar-refractivity contribution in [3.63, 3.8) is 0 Å². The Balaban J connectivity index is 0.975. The van der Waals surface area contributed by atoms with Crippen LogP contribution in [0.3, 0.4) is 0 Å². The van der Waals surface area contributed by atoms with E-state index in [0.29, 0.717) is 36.6 Å². The summed E-state index contributed by atoms with van der Waals surface area (Å²) in [6.45, 7) is 3.71. The van der Waals surface area contributed by atoms with Crippen molar-refractivity contribution in [2.24, 2.45) is 0 Å². The van der Waals surface area contributed by atoms with Crippen molar-refractivity contribution < 1.29 is 27.9 Å². The van der Waals surface area contributed by atoms with Crippen LogP contribution in [0.5, 0.6) is 5.75 Å². The first-order valence-electron chi connectivity index (χ1n) is 14.2. The first kappa shape index (κ1) is 26.8. The highest BCUT2D eigenvalue weighted by Crippen LogP contribution is 2.45. The molecule has 212 valence electrons. The van der Waals surface area contributed by atoms with E-state index in [1.165, 1.54) is 6.07 Å². The number of carbonyl (C=O) groups excluding carboxylic acids is 3. The number of pyridine rings is 1. The predicted octanol–water partition coefficient (Wildman–Crippen LogP) is 3.92. The Bertz CT molecular complexity index is 1320. The summed E-state index contributed by atoms with van der Waals surface area (Å²) in [5.41, 5.74) is 3.08. The highest BCUT2D eigenvalue weighted by molar-refractivity contribution is 6.05. The summed E-state index contributed by atoms with van der Waals surface area (Å²) in [5.74, 6) is -0.160. The highest BCUT2D eigenvalue weighted by Gasteiger charge is 2.45. The van der Waals surface area contributed by atoms with Crippen molar-refractivity contribution in [3.05, 3.63) is 58.4 Å². The number of likely N-dealkylation sites (tertiary alicyclic amines) is 1. The Morgan fingerprint density at radius 2 is 1.90 bits per heavy atom. The summed E-state index contributed by atoms with van der Waals surface area (Å²) in [5, 5.41) is 2.36. The molecule has 4 aliphatic heterocycles. The third-order valence-corrected chi connectivity index (χ3v) is 9.02. The van der Waals surface area contributed by atoms with E-state index in [1.807, 2.05) is 12.1 Å². The molecule has 0 saturated carbocycles. The number of unbranched alkanes of at least 4 members (excludes halogenated alkanes) is 2. The lowest BCUT2D eigenvalue weighted by Gasteiger charge is -2.38. The normalized spacial score (nSPS) is 22.0. The van der Waals surface area contributed by atoms with E-state index in [-0.39, 0.29) is 35.3 Å². The van der Waals surface area contributed by atoms with E-state index in [9.17, 15) is 23.2 Å². The lowest BCUT2D eigenvalue weighted by atomic mass is 9.77. The average Bonchev–Trinajstić information content (AvgIpc) is 3.47. The zero-order valence-electron chi connectivity index (χ0n) is 22.5. The number of hydrogen-bond acceptors (Lipinski definition) is 6. The van der Waals surface area contributed by atoms with E-state index < -0.39 is 12.5 Å². The van der Waals surface area contributed by atoms with Gasteiger partial charge in [-0.05, 0) is 87.5 Å². The van der Waals surface area contributed by atoms with Crippen LogP contribution in [-0.4, -0.2) is 64.8 Å². The van der Waals surface area contributed by atoms with Gasteiger partial charge in [0, 0.05) is 18.5 Å². The van der Waals surface area contributed by atoms with Gasteiger partial charge in [-0.2, -0.15) is 0 Å². The van der Waals surface area contributed by atoms with Gasteiger partial charge in [0.25, 0.3) is 12.3 Å². The van der Waals surface area contributed by atoms with Crippen LogP contribution in [-0.2, 0) is 28.0 Å². The van der Waals surface area contributed by atoms with Crippen molar-refractivity contribution in [2.75, 3.05) is 26.2 Å². The first-order chi connectivity index (χ1) is 19.3. The summed E-state index contributed by atoms with van der Waals surface area (Å²) in [6, 6.07) is 8.20. The second-order valence-electron chi connectivity index (χ2n) is 11.4. The zero-order valence-corrected chi connectivity index (χ0v) is 22.5. The number of nitrogens with zero attached hydrogens (tertiary/aromatic N) is 3. The summed E-state index contributed by atoms with van der Waals surface area (Å²) in [6.07, 6.45) is 3.73. The molecular weight excluding hydrogens is 518 g/mol. The fraction of sp³-hybridized carbons (Fsp3) is 0.533. The van der Waals surface area contributed by atoms with Gasteiger partial charge >= 0.3 is 0 Å². The second kappa shape index (κ2) is 10.9.